The van der Waals surface area contributed by atoms with Crippen molar-refractivity contribution >= 4 is 11.8 Å². The standard InChI is InChI=1S/C24H32N2O5/c1-4-18(2)26(24(28)19-9-11-20(29-3)12-10-19)17-23(27)25(15-21-7-5-13-30-21)16-22-8-6-14-31-22/h5,7,9-13,18,22H,4,6,8,14-17H2,1-3H3. The number of hydrogen-bond acceptors (Lipinski definition) is 5. The second kappa shape index (κ2) is 11.0. The smallest absolute Gasteiger partial charge is 0.254 e. The van der Waals surface area contributed by atoms with Gasteiger partial charge in [-0.2, -0.15) is 0 Å². The molecule has 0 spiro atoms. The maximum Gasteiger partial charge on any atom is 0.254 e. The molecule has 0 bridgehead atoms. The Morgan fingerprint density at radius 1 is 1.23 bits per heavy atom. The minimum absolute atomic E-state index is 0.00724. The second-order valence-corrected chi connectivity index (χ2v) is 7.91. The summed E-state index contributed by atoms with van der Waals surface area (Å²) in [5, 5.41) is 0. The molecule has 2 heterocycles. The van der Waals surface area contributed by atoms with Crippen LogP contribution < -0.4 is 4.74 Å². The van der Waals surface area contributed by atoms with E-state index in [1.54, 1.807) is 47.4 Å². The van der Waals surface area contributed by atoms with E-state index in [1.165, 1.54) is 0 Å². The maximum absolute atomic E-state index is 13.3. The molecule has 1 saturated heterocycles. The van der Waals surface area contributed by atoms with E-state index < -0.39 is 0 Å². The normalized spacial score (nSPS) is 16.7. The lowest BCUT2D eigenvalue weighted by atomic mass is 10.1. The molecule has 3 rings (SSSR count). The highest BCUT2D eigenvalue weighted by molar-refractivity contribution is 5.96. The van der Waals surface area contributed by atoms with E-state index in [4.69, 9.17) is 13.9 Å². The van der Waals surface area contributed by atoms with Gasteiger partial charge in [0.1, 0.15) is 18.1 Å². The summed E-state index contributed by atoms with van der Waals surface area (Å²) < 4.78 is 16.4. The third kappa shape index (κ3) is 6.10. The van der Waals surface area contributed by atoms with Gasteiger partial charge in [0.25, 0.3) is 5.91 Å². The molecule has 1 fully saturated rings. The first-order valence-corrected chi connectivity index (χ1v) is 10.9. The molecule has 2 unspecified atom stereocenters. The zero-order valence-corrected chi connectivity index (χ0v) is 18.6. The van der Waals surface area contributed by atoms with E-state index in [2.05, 4.69) is 0 Å². The largest absolute Gasteiger partial charge is 0.497 e. The van der Waals surface area contributed by atoms with Crippen LogP contribution in [0.1, 0.15) is 49.2 Å². The van der Waals surface area contributed by atoms with Gasteiger partial charge in [-0.1, -0.05) is 6.92 Å². The summed E-state index contributed by atoms with van der Waals surface area (Å²) in [6.07, 6.45) is 4.31. The predicted octanol–water partition coefficient (Wildman–Crippen LogP) is 3.74. The lowest BCUT2D eigenvalue weighted by Gasteiger charge is -2.32. The Balaban J connectivity index is 1.75. The minimum Gasteiger partial charge on any atom is -0.497 e. The van der Waals surface area contributed by atoms with Gasteiger partial charge in [-0.25, -0.2) is 0 Å². The van der Waals surface area contributed by atoms with Crippen LogP contribution in [0.4, 0.5) is 0 Å². The van der Waals surface area contributed by atoms with Gasteiger partial charge in [0, 0.05) is 24.8 Å². The zero-order chi connectivity index (χ0) is 22.2. The first kappa shape index (κ1) is 22.9. The quantitative estimate of drug-likeness (QED) is 0.577. The third-order valence-corrected chi connectivity index (χ3v) is 5.75. The average Bonchev–Trinajstić information content (AvgIpc) is 3.50. The molecule has 2 aromatic rings. The summed E-state index contributed by atoms with van der Waals surface area (Å²) in [7, 11) is 1.59. The molecule has 1 aromatic heterocycles. The van der Waals surface area contributed by atoms with Crippen molar-refractivity contribution in [3.05, 3.63) is 54.0 Å². The predicted molar refractivity (Wildman–Crippen MR) is 117 cm³/mol. The molecule has 0 aliphatic carbocycles. The van der Waals surface area contributed by atoms with Crippen molar-refractivity contribution in [2.24, 2.45) is 0 Å². The van der Waals surface area contributed by atoms with Crippen molar-refractivity contribution in [2.75, 3.05) is 26.8 Å². The number of nitrogens with zero attached hydrogens (tertiary/aromatic N) is 2. The number of methoxy groups -OCH3 is 1. The first-order chi connectivity index (χ1) is 15.0. The molecule has 0 radical (unpaired) electrons. The van der Waals surface area contributed by atoms with E-state index in [-0.39, 0.29) is 30.5 Å². The van der Waals surface area contributed by atoms with Crippen LogP contribution in [-0.4, -0.2) is 60.6 Å². The fourth-order valence-corrected chi connectivity index (χ4v) is 3.67. The van der Waals surface area contributed by atoms with Crippen molar-refractivity contribution in [2.45, 2.75) is 51.8 Å². The van der Waals surface area contributed by atoms with Crippen LogP contribution in [0.5, 0.6) is 5.75 Å². The fourth-order valence-electron chi connectivity index (χ4n) is 3.67. The average molecular weight is 429 g/mol. The van der Waals surface area contributed by atoms with Crippen molar-refractivity contribution in [3.63, 3.8) is 0 Å². The monoisotopic (exact) mass is 428 g/mol. The third-order valence-electron chi connectivity index (χ3n) is 5.75. The van der Waals surface area contributed by atoms with E-state index >= 15 is 0 Å². The number of rotatable bonds is 10. The molecule has 31 heavy (non-hydrogen) atoms. The van der Waals surface area contributed by atoms with Crippen LogP contribution in [0, 0.1) is 0 Å². The van der Waals surface area contributed by atoms with Gasteiger partial charge in [0.2, 0.25) is 5.91 Å². The highest BCUT2D eigenvalue weighted by Gasteiger charge is 2.28. The number of benzene rings is 1. The van der Waals surface area contributed by atoms with Gasteiger partial charge in [-0.3, -0.25) is 9.59 Å². The van der Waals surface area contributed by atoms with Gasteiger partial charge >= 0.3 is 0 Å². The Hall–Kier alpha value is -2.80. The van der Waals surface area contributed by atoms with Gasteiger partial charge in [-0.05, 0) is 62.6 Å². The molecule has 0 saturated carbocycles. The summed E-state index contributed by atoms with van der Waals surface area (Å²) in [6.45, 7) is 5.55. The van der Waals surface area contributed by atoms with Gasteiger partial charge in [0.05, 0.1) is 26.0 Å². The highest BCUT2D eigenvalue weighted by Crippen LogP contribution is 2.18. The van der Waals surface area contributed by atoms with Crippen LogP contribution in [0.15, 0.2) is 47.1 Å². The lowest BCUT2D eigenvalue weighted by molar-refractivity contribution is -0.134. The first-order valence-electron chi connectivity index (χ1n) is 10.9. The molecule has 2 atom stereocenters. The number of amides is 2. The van der Waals surface area contributed by atoms with E-state index in [0.29, 0.717) is 30.2 Å². The summed E-state index contributed by atoms with van der Waals surface area (Å²) in [6, 6.07) is 10.6. The topological polar surface area (TPSA) is 72.2 Å². The van der Waals surface area contributed by atoms with Gasteiger partial charge in [-0.15, -0.1) is 0 Å². The molecule has 168 valence electrons. The van der Waals surface area contributed by atoms with Gasteiger partial charge in [0.15, 0.2) is 0 Å². The van der Waals surface area contributed by atoms with E-state index in [9.17, 15) is 9.59 Å². The van der Waals surface area contributed by atoms with Crippen LogP contribution in [0.25, 0.3) is 0 Å². The molecular weight excluding hydrogens is 396 g/mol. The lowest BCUT2D eigenvalue weighted by Crippen LogP contribution is -2.47. The molecule has 7 heteroatoms. The molecule has 1 aliphatic heterocycles. The van der Waals surface area contributed by atoms with Crippen molar-refractivity contribution in [3.8, 4) is 5.75 Å². The van der Waals surface area contributed by atoms with Gasteiger partial charge < -0.3 is 23.7 Å². The second-order valence-electron chi connectivity index (χ2n) is 7.91. The number of carbonyl (C=O) groups excluding carboxylic acids is 2. The van der Waals surface area contributed by atoms with Crippen LogP contribution >= 0.6 is 0 Å². The SMILES string of the molecule is CCC(C)N(CC(=O)N(Cc1ccco1)CC1CCCO1)C(=O)c1ccc(OC)cc1. The van der Waals surface area contributed by atoms with E-state index in [0.717, 1.165) is 25.9 Å². The Labute approximate surface area is 183 Å². The number of furan rings is 1. The summed E-state index contributed by atoms with van der Waals surface area (Å²) >= 11 is 0. The Morgan fingerprint density at radius 3 is 2.58 bits per heavy atom. The Morgan fingerprint density at radius 2 is 2.00 bits per heavy atom. The number of carbonyl (C=O) groups is 2. The summed E-state index contributed by atoms with van der Waals surface area (Å²) in [5.41, 5.74) is 0.533. The molecule has 1 aliphatic rings. The Bertz CT molecular complexity index is 828. The Kier molecular flexibility index (Phi) is 8.12. The summed E-state index contributed by atoms with van der Waals surface area (Å²) in [4.78, 5) is 30.0. The van der Waals surface area contributed by atoms with Crippen LogP contribution in [-0.2, 0) is 16.1 Å². The fraction of sp³-hybridized carbons (Fsp3) is 0.500. The van der Waals surface area contributed by atoms with E-state index in [1.807, 2.05) is 26.0 Å². The molecule has 0 N–H and O–H groups in total. The number of ether oxygens (including phenoxy) is 2. The number of hydrogen-bond donors (Lipinski definition) is 0. The molecule has 1 aromatic carbocycles. The highest BCUT2D eigenvalue weighted by atomic mass is 16.5. The van der Waals surface area contributed by atoms with Crippen molar-refractivity contribution < 1.29 is 23.5 Å². The summed E-state index contributed by atoms with van der Waals surface area (Å²) in [5.74, 6) is 1.11. The molecule has 7 nitrogen and oxygen atoms in total. The van der Waals surface area contributed by atoms with Crippen molar-refractivity contribution in [1.82, 2.24) is 9.80 Å². The minimum atomic E-state index is -0.166. The van der Waals surface area contributed by atoms with Crippen LogP contribution in [0.2, 0.25) is 0 Å². The maximum atomic E-state index is 13.3. The molecule has 2 amide bonds. The molecular formula is C24H32N2O5. The zero-order valence-electron chi connectivity index (χ0n) is 18.6. The van der Waals surface area contributed by atoms with Crippen molar-refractivity contribution in [1.29, 1.82) is 0 Å². The van der Waals surface area contributed by atoms with Crippen LogP contribution in [0.3, 0.4) is 0 Å².